The maximum atomic E-state index is 13.0. The Morgan fingerprint density at radius 2 is 2.11 bits per heavy atom. The first kappa shape index (κ1) is 20.0. The Balaban J connectivity index is 2.15. The minimum atomic E-state index is -0.659. The summed E-state index contributed by atoms with van der Waals surface area (Å²) < 4.78 is 12.1. The number of aromatic nitrogens is 4. The van der Waals surface area contributed by atoms with E-state index in [9.17, 15) is 9.59 Å². The molecule has 0 radical (unpaired) electrons. The van der Waals surface area contributed by atoms with E-state index < -0.39 is 17.7 Å². The van der Waals surface area contributed by atoms with Gasteiger partial charge in [-0.25, -0.2) is 24.5 Å². The highest BCUT2D eigenvalue weighted by Crippen LogP contribution is 2.28. The van der Waals surface area contributed by atoms with Crippen molar-refractivity contribution in [3.8, 4) is 0 Å². The van der Waals surface area contributed by atoms with E-state index in [-0.39, 0.29) is 11.9 Å². The van der Waals surface area contributed by atoms with E-state index in [0.29, 0.717) is 30.1 Å². The van der Waals surface area contributed by atoms with E-state index in [1.54, 1.807) is 4.57 Å². The van der Waals surface area contributed by atoms with E-state index in [4.69, 9.17) is 9.47 Å². The fourth-order valence-corrected chi connectivity index (χ4v) is 3.23. The zero-order chi connectivity index (χ0) is 20.5. The smallest absolute Gasteiger partial charge is 0.416 e. The number of rotatable bonds is 4. The normalized spacial score (nSPS) is 17.0. The Bertz CT molecular complexity index is 882. The fraction of sp³-hybridized carbons (Fsp3) is 0.611. The number of methoxy groups -OCH3 is 1. The minimum absolute atomic E-state index is 0.121. The van der Waals surface area contributed by atoms with Crippen LogP contribution in [-0.4, -0.2) is 63.4 Å². The highest BCUT2D eigenvalue weighted by molar-refractivity contribution is 5.98. The first-order valence-corrected chi connectivity index (χ1v) is 9.29. The van der Waals surface area contributed by atoms with Crippen LogP contribution < -0.4 is 10.2 Å². The number of esters is 1. The van der Waals surface area contributed by atoms with Gasteiger partial charge < -0.3 is 19.4 Å². The molecule has 1 amide bonds. The Morgan fingerprint density at radius 3 is 2.68 bits per heavy atom. The molecule has 1 aliphatic rings. The van der Waals surface area contributed by atoms with Gasteiger partial charge >= 0.3 is 12.1 Å². The first-order valence-electron chi connectivity index (χ1n) is 9.29. The third-order valence-corrected chi connectivity index (χ3v) is 4.41. The van der Waals surface area contributed by atoms with Crippen LogP contribution in [0.3, 0.4) is 0 Å². The number of nitrogens with one attached hydrogen (secondary N) is 1. The third-order valence-electron chi connectivity index (χ3n) is 4.41. The zero-order valence-electron chi connectivity index (χ0n) is 16.9. The predicted molar refractivity (Wildman–Crippen MR) is 102 cm³/mol. The summed E-state index contributed by atoms with van der Waals surface area (Å²) in [7, 11) is 1.30. The summed E-state index contributed by atoms with van der Waals surface area (Å²) in [6, 6.07) is -0.138. The molecule has 0 bridgehead atoms. The molecule has 0 saturated carbocycles. The van der Waals surface area contributed by atoms with E-state index in [2.05, 4.69) is 20.3 Å². The number of fused-ring (bicyclic) bond motifs is 1. The van der Waals surface area contributed by atoms with Crippen LogP contribution in [0.1, 0.15) is 44.7 Å². The summed E-state index contributed by atoms with van der Waals surface area (Å²) in [5, 5.41) is 3.25. The third kappa shape index (κ3) is 3.77. The summed E-state index contributed by atoms with van der Waals surface area (Å²) >= 11 is 0. The van der Waals surface area contributed by atoms with Crippen molar-refractivity contribution >= 4 is 29.0 Å². The van der Waals surface area contributed by atoms with Crippen molar-refractivity contribution in [2.75, 3.05) is 25.1 Å². The number of anilines is 1. The maximum absolute atomic E-state index is 13.0. The van der Waals surface area contributed by atoms with Gasteiger partial charge in [-0.2, -0.15) is 0 Å². The molecular formula is C18H26N6O4. The summed E-state index contributed by atoms with van der Waals surface area (Å²) in [6.07, 6.45) is 1.61. The van der Waals surface area contributed by atoms with E-state index in [1.807, 2.05) is 27.7 Å². The number of hydrogen-bond acceptors (Lipinski definition) is 8. The second kappa shape index (κ2) is 7.70. The van der Waals surface area contributed by atoms with Crippen LogP contribution in [0.2, 0.25) is 0 Å². The van der Waals surface area contributed by atoms with Crippen molar-refractivity contribution in [1.82, 2.24) is 24.8 Å². The van der Waals surface area contributed by atoms with Crippen molar-refractivity contribution in [2.45, 2.75) is 52.3 Å². The van der Waals surface area contributed by atoms with Crippen molar-refractivity contribution in [3.63, 3.8) is 0 Å². The van der Waals surface area contributed by atoms with Gasteiger partial charge in [0, 0.05) is 13.1 Å². The van der Waals surface area contributed by atoms with Gasteiger partial charge in [0.15, 0.2) is 17.0 Å². The number of imidazole rings is 1. The van der Waals surface area contributed by atoms with Crippen LogP contribution in [0.5, 0.6) is 0 Å². The largest absolute Gasteiger partial charge is 0.463 e. The molecule has 3 heterocycles. The molecule has 1 N–H and O–H groups in total. The molecule has 1 atom stereocenters. The lowest BCUT2D eigenvalue weighted by molar-refractivity contribution is 0.0563. The highest BCUT2D eigenvalue weighted by Gasteiger charge is 2.35. The average Bonchev–Trinajstić information content (AvgIpc) is 3.27. The number of hydrogen-bond donors (Lipinski definition) is 1. The molecule has 2 aromatic rings. The van der Waals surface area contributed by atoms with Crippen LogP contribution in [-0.2, 0) is 16.0 Å². The van der Waals surface area contributed by atoms with Crippen molar-refractivity contribution in [3.05, 3.63) is 12.2 Å². The van der Waals surface area contributed by atoms with Crippen LogP contribution in [0.25, 0.3) is 11.2 Å². The topological polar surface area (TPSA) is 111 Å². The molecule has 2 aromatic heterocycles. The molecule has 0 aliphatic carbocycles. The molecular weight excluding hydrogens is 364 g/mol. The lowest BCUT2D eigenvalue weighted by Crippen LogP contribution is -2.45. The van der Waals surface area contributed by atoms with Gasteiger partial charge in [0.25, 0.3) is 0 Å². The fourth-order valence-electron chi connectivity index (χ4n) is 3.23. The summed E-state index contributed by atoms with van der Waals surface area (Å²) in [5.41, 5.74) is 0.169. The minimum Gasteiger partial charge on any atom is -0.463 e. The number of carbonyl (C=O) groups is 2. The maximum Gasteiger partial charge on any atom is 0.416 e. The second-order valence-corrected chi connectivity index (χ2v) is 7.54. The molecule has 0 spiro atoms. The second-order valence-electron chi connectivity index (χ2n) is 7.54. The molecule has 1 fully saturated rings. The highest BCUT2D eigenvalue weighted by atomic mass is 16.6. The van der Waals surface area contributed by atoms with E-state index >= 15 is 0 Å². The van der Waals surface area contributed by atoms with Crippen LogP contribution in [0.4, 0.5) is 10.6 Å². The van der Waals surface area contributed by atoms with Crippen LogP contribution in [0.15, 0.2) is 6.33 Å². The van der Waals surface area contributed by atoms with Crippen molar-refractivity contribution in [1.29, 1.82) is 0 Å². The Kier molecular flexibility index (Phi) is 5.50. The quantitative estimate of drug-likeness (QED) is 0.786. The average molecular weight is 390 g/mol. The molecule has 28 heavy (non-hydrogen) atoms. The van der Waals surface area contributed by atoms with Gasteiger partial charge in [0.2, 0.25) is 5.82 Å². The van der Waals surface area contributed by atoms with Gasteiger partial charge in [-0.1, -0.05) is 0 Å². The van der Waals surface area contributed by atoms with E-state index in [0.717, 1.165) is 13.0 Å². The molecule has 0 aromatic carbocycles. The van der Waals surface area contributed by atoms with Gasteiger partial charge in [0.05, 0.1) is 13.2 Å². The molecule has 152 valence electrons. The molecule has 10 heteroatoms. The Hall–Kier alpha value is -2.75. The molecule has 1 aliphatic heterocycles. The predicted octanol–water partition coefficient (Wildman–Crippen LogP) is 1.74. The molecule has 3 rings (SSSR count). The molecule has 1 saturated heterocycles. The summed E-state index contributed by atoms with van der Waals surface area (Å²) in [4.78, 5) is 39.7. The van der Waals surface area contributed by atoms with Crippen LogP contribution >= 0.6 is 0 Å². The van der Waals surface area contributed by atoms with E-state index in [1.165, 1.54) is 18.3 Å². The van der Waals surface area contributed by atoms with Gasteiger partial charge in [-0.3, -0.25) is 4.90 Å². The first-order chi connectivity index (χ1) is 13.3. The van der Waals surface area contributed by atoms with Crippen molar-refractivity contribution < 1.29 is 19.1 Å². The van der Waals surface area contributed by atoms with Gasteiger partial charge in [-0.15, -0.1) is 0 Å². The Labute approximate surface area is 163 Å². The molecule has 10 nitrogen and oxygen atoms in total. The van der Waals surface area contributed by atoms with Crippen molar-refractivity contribution in [2.24, 2.45) is 0 Å². The number of nitrogens with zero attached hydrogens (tertiary/aromatic N) is 5. The monoisotopic (exact) mass is 390 g/mol. The van der Waals surface area contributed by atoms with Gasteiger partial charge in [-0.05, 0) is 40.7 Å². The lowest BCUT2D eigenvalue weighted by Gasteiger charge is -2.30. The number of ether oxygens (including phenoxy) is 2. The number of carbonyl (C=O) groups excluding carboxylic acids is 2. The molecule has 0 unspecified atom stereocenters. The summed E-state index contributed by atoms with van der Waals surface area (Å²) in [6.45, 7) is 9.18. The SMILES string of the molecule is CCn1c(C(=O)OC)nc2c(N(C(=O)OC(C)(C)C)[C@H]3CCNC3)ncnc21. The zero-order valence-corrected chi connectivity index (χ0v) is 16.9. The number of aryl methyl sites for hydroxylation is 1. The standard InChI is InChI=1S/C18H26N6O4/c1-6-23-13-12(22-15(23)16(25)27-5)14(21-10-20-13)24(11-7-8-19-9-11)17(26)28-18(2,3)4/h10-11,19H,6-9H2,1-5H3/t11-/m0/s1. The van der Waals surface area contributed by atoms with Gasteiger partial charge in [0.1, 0.15) is 11.9 Å². The summed E-state index contributed by atoms with van der Waals surface area (Å²) in [5.74, 6) is -0.127. The van der Waals surface area contributed by atoms with Crippen LogP contribution in [0, 0.1) is 0 Å². The number of amides is 1. The lowest BCUT2D eigenvalue weighted by atomic mass is 10.2. The Morgan fingerprint density at radius 1 is 1.36 bits per heavy atom.